The molecule has 0 saturated heterocycles. The zero-order valence-electron chi connectivity index (χ0n) is 19.1. The minimum Gasteiger partial charge on any atom is -0.496 e. The number of halogens is 1. The Bertz CT molecular complexity index is 1670. The number of allylic oxidation sites excluding steroid dienone is 1. The monoisotopic (exact) mass is 564 g/mol. The number of aryl methyl sites for hydroxylation is 1. The molecule has 6 rings (SSSR count). The van der Waals surface area contributed by atoms with E-state index in [9.17, 15) is 4.79 Å². The lowest BCUT2D eigenvalue weighted by Gasteiger charge is -2.30. The molecule has 8 heteroatoms. The van der Waals surface area contributed by atoms with Crippen molar-refractivity contribution in [1.82, 2.24) is 4.57 Å². The van der Waals surface area contributed by atoms with E-state index in [4.69, 9.17) is 14.5 Å². The molecule has 2 aliphatic rings. The molecule has 0 radical (unpaired) electrons. The van der Waals surface area contributed by atoms with Gasteiger partial charge in [-0.2, -0.15) is 0 Å². The highest BCUT2D eigenvalue weighted by molar-refractivity contribution is 9.10. The second-order valence-corrected chi connectivity index (χ2v) is 11.2. The number of nitrogens with zero attached hydrogens (tertiary/aromatic N) is 2. The molecule has 2 aromatic carbocycles. The van der Waals surface area contributed by atoms with Crippen LogP contribution in [-0.2, 0) is 6.42 Å². The fraction of sp³-hybridized carbons (Fsp3) is 0.185. The van der Waals surface area contributed by atoms with Gasteiger partial charge >= 0.3 is 0 Å². The van der Waals surface area contributed by atoms with E-state index in [1.54, 1.807) is 25.6 Å². The van der Waals surface area contributed by atoms with E-state index >= 15 is 0 Å². The number of hydrogen-bond donors (Lipinski definition) is 0. The number of ether oxygens (including phenoxy) is 2. The number of benzene rings is 2. The Kier molecular flexibility index (Phi) is 5.75. The summed E-state index contributed by atoms with van der Waals surface area (Å²) in [6.45, 7) is 0. The highest BCUT2D eigenvalue weighted by Gasteiger charge is 2.33. The standard InChI is InChI=1S/C27H21BrN2O3S2/c1-32-20-14-21(33-2)19(28)12-16(20)13-23-26(31)30-25(22-8-5-11-34-22)18-10-9-15-6-3-4-7-17(15)24(18)29-27(30)35-23/h3-8,11-14,25H,9-10H2,1-2H3/b23-13+/t25-/m0/s1. The summed E-state index contributed by atoms with van der Waals surface area (Å²) in [4.78, 5) is 20.8. The fourth-order valence-corrected chi connectivity index (χ4v) is 7.22. The van der Waals surface area contributed by atoms with E-state index in [1.165, 1.54) is 28.0 Å². The molecule has 176 valence electrons. The van der Waals surface area contributed by atoms with Crippen molar-refractivity contribution in [1.29, 1.82) is 0 Å². The Labute approximate surface area is 218 Å². The largest absolute Gasteiger partial charge is 0.496 e. The van der Waals surface area contributed by atoms with E-state index in [2.05, 4.69) is 51.6 Å². The van der Waals surface area contributed by atoms with Gasteiger partial charge in [-0.3, -0.25) is 9.36 Å². The topological polar surface area (TPSA) is 52.8 Å². The van der Waals surface area contributed by atoms with Crippen LogP contribution in [0.4, 0.5) is 0 Å². The maximum Gasteiger partial charge on any atom is 0.271 e. The van der Waals surface area contributed by atoms with Crippen LogP contribution in [0.3, 0.4) is 0 Å². The SMILES string of the molecule is COc1cc(OC)c(/C=c2/sc3n(c2=O)[C@H](c2cccs2)C2=C(N=3)c3ccccc3CC2)cc1Br. The van der Waals surface area contributed by atoms with E-state index in [0.717, 1.165) is 38.3 Å². The summed E-state index contributed by atoms with van der Waals surface area (Å²) in [5.41, 5.74) is 5.48. The molecule has 35 heavy (non-hydrogen) atoms. The van der Waals surface area contributed by atoms with Crippen LogP contribution in [-0.4, -0.2) is 18.8 Å². The average Bonchev–Trinajstić information content (AvgIpc) is 3.51. The van der Waals surface area contributed by atoms with E-state index in [1.807, 2.05) is 28.8 Å². The molecule has 0 spiro atoms. The molecule has 3 heterocycles. The van der Waals surface area contributed by atoms with Gasteiger partial charge in [-0.05, 0) is 63.5 Å². The van der Waals surface area contributed by atoms with E-state index in [-0.39, 0.29) is 11.6 Å². The molecule has 1 atom stereocenters. The number of thiazole rings is 1. The van der Waals surface area contributed by atoms with Gasteiger partial charge in [-0.25, -0.2) is 4.99 Å². The van der Waals surface area contributed by atoms with Crippen LogP contribution >= 0.6 is 38.6 Å². The van der Waals surface area contributed by atoms with Crippen LogP contribution in [0.5, 0.6) is 11.5 Å². The first-order chi connectivity index (χ1) is 17.1. The predicted molar refractivity (Wildman–Crippen MR) is 144 cm³/mol. The highest BCUT2D eigenvalue weighted by Crippen LogP contribution is 2.42. The fourth-order valence-electron chi connectivity index (χ4n) is 4.86. The van der Waals surface area contributed by atoms with Gasteiger partial charge in [0.2, 0.25) is 0 Å². The second kappa shape index (κ2) is 8.93. The lowest BCUT2D eigenvalue weighted by molar-refractivity contribution is 0.392. The highest BCUT2D eigenvalue weighted by atomic mass is 79.9. The minimum absolute atomic E-state index is 0.0356. The molecule has 1 aliphatic carbocycles. The molecule has 0 N–H and O–H groups in total. The number of aromatic nitrogens is 1. The van der Waals surface area contributed by atoms with E-state index < -0.39 is 0 Å². The van der Waals surface area contributed by atoms with Gasteiger partial charge in [0.15, 0.2) is 4.80 Å². The third-order valence-corrected chi connectivity index (χ3v) is 9.00. The molecular formula is C27H21BrN2O3S2. The van der Waals surface area contributed by atoms with Gasteiger partial charge in [0.1, 0.15) is 11.5 Å². The van der Waals surface area contributed by atoms with Gasteiger partial charge in [-0.1, -0.05) is 41.7 Å². The summed E-state index contributed by atoms with van der Waals surface area (Å²) < 4.78 is 14.3. The minimum atomic E-state index is -0.138. The van der Waals surface area contributed by atoms with Crippen molar-refractivity contribution >= 4 is 50.4 Å². The molecule has 0 saturated carbocycles. The van der Waals surface area contributed by atoms with Crippen LogP contribution in [0, 0.1) is 0 Å². The molecule has 4 aromatic rings. The number of rotatable bonds is 4. The van der Waals surface area contributed by atoms with Crippen LogP contribution in [0.15, 0.2) is 73.7 Å². The van der Waals surface area contributed by atoms with Crippen LogP contribution < -0.4 is 24.4 Å². The van der Waals surface area contributed by atoms with Crippen LogP contribution in [0.1, 0.15) is 34.0 Å². The molecule has 0 unspecified atom stereocenters. The number of fused-ring (bicyclic) bond motifs is 3. The lowest BCUT2D eigenvalue weighted by atomic mass is 9.85. The van der Waals surface area contributed by atoms with Crippen molar-refractivity contribution in [2.24, 2.45) is 4.99 Å². The summed E-state index contributed by atoms with van der Waals surface area (Å²) in [5.74, 6) is 1.31. The Hall–Kier alpha value is -2.94. The Balaban J connectivity index is 1.60. The van der Waals surface area contributed by atoms with Crippen molar-refractivity contribution in [2.75, 3.05) is 14.2 Å². The molecular weight excluding hydrogens is 544 g/mol. The first kappa shape index (κ1) is 22.5. The van der Waals surface area contributed by atoms with Crippen molar-refractivity contribution in [3.63, 3.8) is 0 Å². The van der Waals surface area contributed by atoms with Gasteiger partial charge < -0.3 is 9.47 Å². The number of thiophene rings is 1. The lowest BCUT2D eigenvalue weighted by Crippen LogP contribution is -2.38. The smallest absolute Gasteiger partial charge is 0.271 e. The van der Waals surface area contributed by atoms with Gasteiger partial charge in [-0.15, -0.1) is 11.3 Å². The summed E-state index contributed by atoms with van der Waals surface area (Å²) in [5, 5.41) is 2.07. The molecule has 2 aromatic heterocycles. The van der Waals surface area contributed by atoms with Gasteiger partial charge in [0.05, 0.1) is 35.0 Å². The van der Waals surface area contributed by atoms with Gasteiger partial charge in [0.25, 0.3) is 5.56 Å². The predicted octanol–water partition coefficient (Wildman–Crippen LogP) is 5.16. The first-order valence-electron chi connectivity index (χ1n) is 11.2. The maximum absolute atomic E-state index is 13.8. The zero-order valence-corrected chi connectivity index (χ0v) is 22.3. The van der Waals surface area contributed by atoms with Crippen molar-refractivity contribution in [3.05, 3.63) is 105 Å². The third-order valence-electron chi connectivity index (χ3n) is 6.48. The van der Waals surface area contributed by atoms with E-state index in [0.29, 0.717) is 16.0 Å². The Morgan fingerprint density at radius 2 is 1.91 bits per heavy atom. The van der Waals surface area contributed by atoms with Crippen molar-refractivity contribution in [3.8, 4) is 11.5 Å². The van der Waals surface area contributed by atoms with Crippen molar-refractivity contribution in [2.45, 2.75) is 18.9 Å². The second-order valence-electron chi connectivity index (χ2n) is 8.36. The molecule has 0 fully saturated rings. The Morgan fingerprint density at radius 3 is 2.69 bits per heavy atom. The zero-order chi connectivity index (χ0) is 24.1. The van der Waals surface area contributed by atoms with Crippen molar-refractivity contribution < 1.29 is 9.47 Å². The van der Waals surface area contributed by atoms with Crippen LogP contribution in [0.2, 0.25) is 0 Å². The summed E-state index contributed by atoms with van der Waals surface area (Å²) in [7, 11) is 3.23. The Morgan fingerprint density at radius 1 is 1.09 bits per heavy atom. The first-order valence-corrected chi connectivity index (χ1v) is 13.7. The summed E-state index contributed by atoms with van der Waals surface area (Å²) in [6.07, 6.45) is 3.73. The van der Waals surface area contributed by atoms with Gasteiger partial charge in [0, 0.05) is 22.1 Å². The average molecular weight is 566 g/mol. The quantitative estimate of drug-likeness (QED) is 0.344. The normalized spacial score (nSPS) is 16.9. The molecule has 5 nitrogen and oxygen atoms in total. The molecule has 0 bridgehead atoms. The number of hydrogen-bond acceptors (Lipinski definition) is 6. The number of methoxy groups -OCH3 is 2. The third kappa shape index (κ3) is 3.71. The molecule has 1 aliphatic heterocycles. The van der Waals surface area contributed by atoms with Crippen LogP contribution in [0.25, 0.3) is 11.8 Å². The summed E-state index contributed by atoms with van der Waals surface area (Å²) >= 11 is 6.65. The maximum atomic E-state index is 13.8. The molecule has 0 amide bonds. The summed E-state index contributed by atoms with van der Waals surface area (Å²) in [6, 6.07) is 16.2.